The summed E-state index contributed by atoms with van der Waals surface area (Å²) in [5.41, 5.74) is -1.31. The second kappa shape index (κ2) is 6.16. The second-order valence-electron chi connectivity index (χ2n) is 4.68. The molecule has 0 unspecified atom stereocenters. The fourth-order valence-electron chi connectivity index (χ4n) is 1.92. The third-order valence-electron chi connectivity index (χ3n) is 3.08. The van der Waals surface area contributed by atoms with Crippen molar-refractivity contribution in [2.75, 3.05) is 5.32 Å². The van der Waals surface area contributed by atoms with Crippen LogP contribution in [0, 0.1) is 0 Å². The van der Waals surface area contributed by atoms with Crippen LogP contribution in [0.3, 0.4) is 0 Å². The van der Waals surface area contributed by atoms with Gasteiger partial charge in [0.2, 0.25) is 0 Å². The predicted molar refractivity (Wildman–Crippen MR) is 79.8 cm³/mol. The number of nitrogens with one attached hydrogen (secondary N) is 1. The second-order valence-corrected chi connectivity index (χ2v) is 4.68. The maximum Gasteiger partial charge on any atom is 0.339 e. The minimum Gasteiger partial charge on any atom is -0.507 e. The van der Waals surface area contributed by atoms with Gasteiger partial charge in [0.05, 0.1) is 5.56 Å². The van der Waals surface area contributed by atoms with Gasteiger partial charge in [0.25, 0.3) is 5.91 Å². The fourth-order valence-corrected chi connectivity index (χ4v) is 1.92. The van der Waals surface area contributed by atoms with Gasteiger partial charge in [0, 0.05) is 11.8 Å². The van der Waals surface area contributed by atoms with E-state index in [1.165, 1.54) is 6.07 Å². The van der Waals surface area contributed by atoms with Gasteiger partial charge in [-0.2, -0.15) is 0 Å². The summed E-state index contributed by atoms with van der Waals surface area (Å²) in [5, 5.41) is 48.7. The standard InChI is InChI=1S/C15H11NO8/c17-10-3-6(1-2-7(10)14(21)22)16-13(20)8-4-12(19)9(15(23)24)5-11(8)18/h1-5,17-19H,(H,16,20)(H,21,22)(H,23,24). The van der Waals surface area contributed by atoms with E-state index < -0.39 is 46.2 Å². The minimum atomic E-state index is -1.48. The molecule has 0 spiro atoms. The summed E-state index contributed by atoms with van der Waals surface area (Å²) in [6.45, 7) is 0. The van der Waals surface area contributed by atoms with Crippen LogP contribution in [0.15, 0.2) is 30.3 Å². The number of carbonyl (C=O) groups is 3. The van der Waals surface area contributed by atoms with Gasteiger partial charge < -0.3 is 30.8 Å². The molecule has 0 aromatic heterocycles. The quantitative estimate of drug-likeness (QED) is 0.457. The van der Waals surface area contributed by atoms with E-state index in [9.17, 15) is 29.7 Å². The first-order chi connectivity index (χ1) is 11.2. The largest absolute Gasteiger partial charge is 0.507 e. The Kier molecular flexibility index (Phi) is 4.27. The molecule has 24 heavy (non-hydrogen) atoms. The first kappa shape index (κ1) is 16.6. The van der Waals surface area contributed by atoms with Crippen molar-refractivity contribution in [3.05, 3.63) is 47.0 Å². The summed E-state index contributed by atoms with van der Waals surface area (Å²) >= 11 is 0. The molecule has 2 aromatic rings. The SMILES string of the molecule is O=C(O)c1ccc(NC(=O)c2cc(O)c(C(=O)O)cc2O)cc1O. The molecule has 0 fully saturated rings. The third kappa shape index (κ3) is 3.19. The Labute approximate surface area is 134 Å². The number of amides is 1. The number of anilines is 1. The zero-order valence-electron chi connectivity index (χ0n) is 11.8. The Balaban J connectivity index is 2.30. The highest BCUT2D eigenvalue weighted by atomic mass is 16.4. The van der Waals surface area contributed by atoms with E-state index >= 15 is 0 Å². The molecule has 0 saturated heterocycles. The molecule has 1 amide bonds. The summed E-state index contributed by atoms with van der Waals surface area (Å²) < 4.78 is 0. The monoisotopic (exact) mass is 333 g/mol. The Morgan fingerprint density at radius 1 is 0.708 bits per heavy atom. The number of hydrogen-bond acceptors (Lipinski definition) is 6. The van der Waals surface area contributed by atoms with Crippen LogP contribution in [0.2, 0.25) is 0 Å². The number of aromatic carboxylic acids is 2. The molecular formula is C15H11NO8. The Bertz CT molecular complexity index is 859. The predicted octanol–water partition coefficient (Wildman–Crippen LogP) is 1.45. The first-order valence-electron chi connectivity index (χ1n) is 6.37. The van der Waals surface area contributed by atoms with Crippen LogP contribution < -0.4 is 5.32 Å². The summed E-state index contributed by atoms with van der Waals surface area (Å²) in [7, 11) is 0. The van der Waals surface area contributed by atoms with E-state index in [4.69, 9.17) is 10.2 Å². The summed E-state index contributed by atoms with van der Waals surface area (Å²) in [5.74, 6) is -5.69. The molecule has 0 radical (unpaired) electrons. The Hall–Kier alpha value is -3.75. The number of aromatic hydroxyl groups is 3. The number of phenols is 3. The van der Waals surface area contributed by atoms with Crippen molar-refractivity contribution in [2.24, 2.45) is 0 Å². The minimum absolute atomic E-state index is 0.0312. The normalized spacial score (nSPS) is 10.2. The molecule has 9 nitrogen and oxygen atoms in total. The molecule has 0 saturated carbocycles. The van der Waals surface area contributed by atoms with Crippen LogP contribution in [-0.4, -0.2) is 43.4 Å². The van der Waals surface area contributed by atoms with Crippen LogP contribution in [0.1, 0.15) is 31.1 Å². The molecule has 0 atom stereocenters. The average Bonchev–Trinajstić information content (AvgIpc) is 2.48. The number of benzene rings is 2. The zero-order valence-corrected chi connectivity index (χ0v) is 11.8. The van der Waals surface area contributed by atoms with Gasteiger partial charge >= 0.3 is 11.9 Å². The molecule has 6 N–H and O–H groups in total. The number of hydrogen-bond donors (Lipinski definition) is 6. The van der Waals surface area contributed by atoms with Crippen molar-refractivity contribution in [3.63, 3.8) is 0 Å². The molecular weight excluding hydrogens is 322 g/mol. The van der Waals surface area contributed by atoms with Gasteiger partial charge in [-0.05, 0) is 24.3 Å². The number of rotatable bonds is 4. The summed E-state index contributed by atoms with van der Waals surface area (Å²) in [6, 6.07) is 4.77. The van der Waals surface area contributed by atoms with Crippen molar-refractivity contribution >= 4 is 23.5 Å². The topological polar surface area (TPSA) is 164 Å². The van der Waals surface area contributed by atoms with Crippen molar-refractivity contribution < 1.29 is 39.9 Å². The highest BCUT2D eigenvalue weighted by molar-refractivity contribution is 6.07. The molecule has 0 heterocycles. The highest BCUT2D eigenvalue weighted by Crippen LogP contribution is 2.29. The van der Waals surface area contributed by atoms with Crippen LogP contribution in [0.25, 0.3) is 0 Å². The average molecular weight is 333 g/mol. The Morgan fingerprint density at radius 3 is 1.75 bits per heavy atom. The zero-order chi connectivity index (χ0) is 18.0. The molecule has 0 aliphatic heterocycles. The lowest BCUT2D eigenvalue weighted by molar-refractivity contribution is 0.0682. The molecule has 9 heteroatoms. The molecule has 0 aliphatic rings. The van der Waals surface area contributed by atoms with Gasteiger partial charge in [-0.15, -0.1) is 0 Å². The van der Waals surface area contributed by atoms with Crippen LogP contribution in [0.4, 0.5) is 5.69 Å². The number of carboxylic acids is 2. The van der Waals surface area contributed by atoms with Gasteiger partial charge in [-0.3, -0.25) is 4.79 Å². The van der Waals surface area contributed by atoms with Crippen molar-refractivity contribution in [1.82, 2.24) is 0 Å². The van der Waals surface area contributed by atoms with Gasteiger partial charge in [-0.25, -0.2) is 9.59 Å². The molecule has 0 aliphatic carbocycles. The smallest absolute Gasteiger partial charge is 0.339 e. The van der Waals surface area contributed by atoms with Crippen molar-refractivity contribution in [2.45, 2.75) is 0 Å². The number of carboxylic acid groups (broad SMARTS) is 2. The molecule has 2 aromatic carbocycles. The van der Waals surface area contributed by atoms with Gasteiger partial charge in [0.15, 0.2) is 0 Å². The molecule has 124 valence electrons. The van der Waals surface area contributed by atoms with Gasteiger partial charge in [-0.1, -0.05) is 0 Å². The van der Waals surface area contributed by atoms with Gasteiger partial charge in [0.1, 0.15) is 28.4 Å². The van der Waals surface area contributed by atoms with E-state index in [1.54, 1.807) is 0 Å². The van der Waals surface area contributed by atoms with E-state index in [1.807, 2.05) is 0 Å². The van der Waals surface area contributed by atoms with Crippen LogP contribution >= 0.6 is 0 Å². The van der Waals surface area contributed by atoms with Crippen LogP contribution in [-0.2, 0) is 0 Å². The van der Waals surface area contributed by atoms with E-state index in [0.29, 0.717) is 0 Å². The lowest BCUT2D eigenvalue weighted by Gasteiger charge is -2.10. The molecule has 2 rings (SSSR count). The number of phenolic OH excluding ortho intramolecular Hbond substituents is 1. The van der Waals surface area contributed by atoms with E-state index in [0.717, 1.165) is 24.3 Å². The fraction of sp³-hybridized carbons (Fsp3) is 0. The maximum absolute atomic E-state index is 12.1. The Morgan fingerprint density at radius 2 is 1.21 bits per heavy atom. The number of carbonyl (C=O) groups excluding carboxylic acids is 1. The maximum atomic E-state index is 12.1. The highest BCUT2D eigenvalue weighted by Gasteiger charge is 2.19. The van der Waals surface area contributed by atoms with Crippen LogP contribution in [0.5, 0.6) is 17.2 Å². The van der Waals surface area contributed by atoms with Crippen molar-refractivity contribution in [3.8, 4) is 17.2 Å². The van der Waals surface area contributed by atoms with E-state index in [2.05, 4.69) is 5.32 Å². The van der Waals surface area contributed by atoms with Crippen molar-refractivity contribution in [1.29, 1.82) is 0 Å². The first-order valence-corrected chi connectivity index (χ1v) is 6.37. The summed E-state index contributed by atoms with van der Waals surface area (Å²) in [4.78, 5) is 33.7. The lowest BCUT2D eigenvalue weighted by atomic mass is 10.1. The lowest BCUT2D eigenvalue weighted by Crippen LogP contribution is -2.13. The third-order valence-corrected chi connectivity index (χ3v) is 3.08. The molecule has 0 bridgehead atoms. The van der Waals surface area contributed by atoms with E-state index in [-0.39, 0.29) is 11.3 Å². The summed E-state index contributed by atoms with van der Waals surface area (Å²) in [6.07, 6.45) is 0.